The van der Waals surface area contributed by atoms with E-state index < -0.39 is 11.7 Å². The second kappa shape index (κ2) is 11.5. The Labute approximate surface area is 219 Å². The van der Waals surface area contributed by atoms with E-state index in [4.69, 9.17) is 24.9 Å². The number of imidazole rings is 1. The summed E-state index contributed by atoms with van der Waals surface area (Å²) in [4.78, 5) is 29.6. The number of hydrogen-bond acceptors (Lipinski definition) is 9. The van der Waals surface area contributed by atoms with E-state index in [1.54, 1.807) is 31.3 Å². The monoisotopic (exact) mass is 525 g/mol. The number of aromatic nitrogens is 4. The van der Waals surface area contributed by atoms with Crippen LogP contribution in [-0.4, -0.2) is 71.4 Å². The van der Waals surface area contributed by atoms with Gasteiger partial charge in [-0.05, 0) is 50.1 Å². The van der Waals surface area contributed by atoms with Crippen molar-refractivity contribution in [3.63, 3.8) is 0 Å². The van der Waals surface area contributed by atoms with Gasteiger partial charge in [0.25, 0.3) is 0 Å². The summed E-state index contributed by atoms with van der Waals surface area (Å²) < 4.78 is 31.2. The fraction of sp³-hybridized carbons (Fsp3) is 0.462. The van der Waals surface area contributed by atoms with Gasteiger partial charge in [-0.1, -0.05) is 0 Å². The summed E-state index contributed by atoms with van der Waals surface area (Å²) in [6.45, 7) is 4.17. The first-order valence-electron chi connectivity index (χ1n) is 12.7. The smallest absolute Gasteiger partial charge is 0.230 e. The second-order valence-electron chi connectivity index (χ2n) is 9.69. The van der Waals surface area contributed by atoms with Crippen LogP contribution in [-0.2, 0) is 19.0 Å². The van der Waals surface area contributed by atoms with Crippen LogP contribution in [0.25, 0.3) is 22.6 Å². The molecule has 2 aromatic heterocycles. The topological polar surface area (TPSA) is 149 Å². The quantitative estimate of drug-likeness (QED) is 0.330. The molecule has 12 heteroatoms. The molecule has 5 N–H and O–H groups in total. The van der Waals surface area contributed by atoms with E-state index in [2.05, 4.69) is 25.6 Å². The molecule has 202 valence electrons. The lowest BCUT2D eigenvalue weighted by molar-refractivity contribution is -0.231. The number of nitrogens with two attached hydrogens (primary N) is 1. The average Bonchev–Trinajstić information content (AvgIpc) is 3.62. The third kappa shape index (κ3) is 5.83. The molecular formula is C26H32FN7O4. The fourth-order valence-corrected chi connectivity index (χ4v) is 4.40. The molecule has 0 radical (unpaired) electrons. The molecule has 0 aliphatic carbocycles. The van der Waals surface area contributed by atoms with Crippen LogP contribution in [0.5, 0.6) is 0 Å². The molecular weight excluding hydrogens is 493 g/mol. The van der Waals surface area contributed by atoms with Crippen molar-refractivity contribution in [3.05, 3.63) is 48.2 Å². The number of nitrogens with one attached hydrogen (secondary N) is 3. The highest BCUT2D eigenvalue weighted by atomic mass is 19.1. The maximum absolute atomic E-state index is 13.7. The van der Waals surface area contributed by atoms with Crippen LogP contribution >= 0.6 is 0 Å². The molecule has 1 unspecified atom stereocenters. The third-order valence-corrected chi connectivity index (χ3v) is 6.57. The minimum atomic E-state index is -0.850. The van der Waals surface area contributed by atoms with Crippen LogP contribution in [0.2, 0.25) is 0 Å². The Bertz CT molecular complexity index is 1240. The molecule has 0 saturated carbocycles. The molecule has 2 saturated heterocycles. The number of halogens is 1. The van der Waals surface area contributed by atoms with Crippen LogP contribution in [0.3, 0.4) is 0 Å². The van der Waals surface area contributed by atoms with E-state index in [1.165, 1.54) is 12.1 Å². The molecule has 2 fully saturated rings. The number of ether oxygens (including phenoxy) is 3. The minimum absolute atomic E-state index is 0.138. The first-order valence-corrected chi connectivity index (χ1v) is 12.7. The van der Waals surface area contributed by atoms with E-state index in [0.717, 1.165) is 19.4 Å². The van der Waals surface area contributed by atoms with Crippen LogP contribution in [0, 0.1) is 11.2 Å². The zero-order valence-corrected chi connectivity index (χ0v) is 21.2. The van der Waals surface area contributed by atoms with Crippen molar-refractivity contribution < 1.29 is 23.4 Å². The molecule has 5 rings (SSSR count). The summed E-state index contributed by atoms with van der Waals surface area (Å²) in [5.74, 6) is 0.345. The van der Waals surface area contributed by atoms with Crippen LogP contribution in [0.15, 0.2) is 36.5 Å². The van der Waals surface area contributed by atoms with Gasteiger partial charge in [0.2, 0.25) is 18.1 Å². The summed E-state index contributed by atoms with van der Waals surface area (Å²) in [5.41, 5.74) is 7.10. The highest BCUT2D eigenvalue weighted by molar-refractivity contribution is 5.82. The minimum Gasteiger partial charge on any atom is -0.376 e. The number of carbonyl (C=O) groups is 1. The number of amides is 1. The van der Waals surface area contributed by atoms with E-state index in [0.29, 0.717) is 54.1 Å². The Morgan fingerprint density at radius 2 is 1.97 bits per heavy atom. The van der Waals surface area contributed by atoms with Crippen LogP contribution in [0.4, 0.5) is 10.3 Å². The highest BCUT2D eigenvalue weighted by Gasteiger charge is 2.40. The SMILES string of the molecule is CC1(C(=O)NCCN)COC(c2nc(-c3ccc(F)cc3)c(-c3ccnc(NCC4CCCO4)n3)[nH]2)OC1. The molecule has 11 nitrogen and oxygen atoms in total. The molecule has 1 amide bonds. The van der Waals surface area contributed by atoms with Gasteiger partial charge in [-0.2, -0.15) is 0 Å². The van der Waals surface area contributed by atoms with Crippen LogP contribution in [0.1, 0.15) is 31.9 Å². The van der Waals surface area contributed by atoms with Crippen molar-refractivity contribution in [1.29, 1.82) is 0 Å². The fourth-order valence-electron chi connectivity index (χ4n) is 4.40. The lowest BCUT2D eigenvalue weighted by Crippen LogP contribution is -2.49. The number of anilines is 1. The molecule has 0 spiro atoms. The van der Waals surface area contributed by atoms with Crippen LogP contribution < -0.4 is 16.4 Å². The van der Waals surface area contributed by atoms with Crippen molar-refractivity contribution in [2.75, 3.05) is 44.8 Å². The van der Waals surface area contributed by atoms with Gasteiger partial charge in [0.1, 0.15) is 5.82 Å². The predicted molar refractivity (Wildman–Crippen MR) is 137 cm³/mol. The van der Waals surface area contributed by atoms with E-state index in [-0.39, 0.29) is 31.0 Å². The van der Waals surface area contributed by atoms with Crippen molar-refractivity contribution in [2.24, 2.45) is 11.1 Å². The Balaban J connectivity index is 1.39. The lowest BCUT2D eigenvalue weighted by Gasteiger charge is -2.35. The molecule has 1 atom stereocenters. The Morgan fingerprint density at radius 3 is 2.68 bits per heavy atom. The third-order valence-electron chi connectivity index (χ3n) is 6.57. The number of benzene rings is 1. The molecule has 2 aliphatic rings. The van der Waals surface area contributed by atoms with E-state index in [1.807, 2.05) is 0 Å². The van der Waals surface area contributed by atoms with Gasteiger partial charge in [-0.15, -0.1) is 0 Å². The van der Waals surface area contributed by atoms with Gasteiger partial charge >= 0.3 is 0 Å². The summed E-state index contributed by atoms with van der Waals surface area (Å²) in [6.07, 6.45) is 3.03. The van der Waals surface area contributed by atoms with Crippen molar-refractivity contribution in [2.45, 2.75) is 32.2 Å². The molecule has 1 aromatic carbocycles. The normalized spacial score (nSPS) is 23.3. The summed E-state index contributed by atoms with van der Waals surface area (Å²) in [7, 11) is 0. The Hall–Kier alpha value is -3.45. The van der Waals surface area contributed by atoms with Gasteiger partial charge in [-0.3, -0.25) is 4.79 Å². The van der Waals surface area contributed by atoms with Gasteiger partial charge in [0.15, 0.2) is 5.82 Å². The van der Waals surface area contributed by atoms with E-state index in [9.17, 15) is 9.18 Å². The number of carbonyl (C=O) groups excluding carboxylic acids is 1. The van der Waals surface area contributed by atoms with Crippen molar-refractivity contribution >= 4 is 11.9 Å². The molecule has 4 heterocycles. The number of H-pyrrole nitrogens is 1. The molecule has 0 bridgehead atoms. The first kappa shape index (κ1) is 26.2. The highest BCUT2D eigenvalue weighted by Crippen LogP contribution is 2.35. The largest absolute Gasteiger partial charge is 0.376 e. The maximum Gasteiger partial charge on any atom is 0.230 e. The lowest BCUT2D eigenvalue weighted by atomic mass is 9.91. The number of nitrogens with zero attached hydrogens (tertiary/aromatic N) is 3. The number of aromatic amines is 1. The average molecular weight is 526 g/mol. The Morgan fingerprint density at radius 1 is 1.18 bits per heavy atom. The molecule has 3 aromatic rings. The van der Waals surface area contributed by atoms with Gasteiger partial charge in [-0.25, -0.2) is 19.3 Å². The standard InChI is InChI=1S/C26H32FN7O4/c1-26(24(35)29-11-9-28)14-37-23(38-15-26)22-33-20(16-4-6-17(27)7-5-16)21(34-22)19-8-10-30-25(32-19)31-13-18-3-2-12-36-18/h4-8,10,18,23H,2-3,9,11-15,28H2,1H3,(H,29,35)(H,33,34)(H,30,31,32). The zero-order chi connectivity index (χ0) is 26.5. The number of rotatable bonds is 9. The van der Waals surface area contributed by atoms with Crippen molar-refractivity contribution in [1.82, 2.24) is 25.3 Å². The first-order chi connectivity index (χ1) is 18.4. The van der Waals surface area contributed by atoms with Gasteiger partial charge in [0, 0.05) is 38.0 Å². The summed E-state index contributed by atoms with van der Waals surface area (Å²) in [5, 5.41) is 6.03. The van der Waals surface area contributed by atoms with E-state index >= 15 is 0 Å². The maximum atomic E-state index is 13.7. The predicted octanol–water partition coefficient (Wildman–Crippen LogP) is 2.39. The summed E-state index contributed by atoms with van der Waals surface area (Å²) in [6, 6.07) is 7.82. The second-order valence-corrected chi connectivity index (χ2v) is 9.69. The van der Waals surface area contributed by atoms with Gasteiger partial charge < -0.3 is 35.6 Å². The molecule has 38 heavy (non-hydrogen) atoms. The Kier molecular flexibility index (Phi) is 7.93. The van der Waals surface area contributed by atoms with Gasteiger partial charge in [0.05, 0.1) is 41.8 Å². The number of hydrogen-bond donors (Lipinski definition) is 4. The molecule has 2 aliphatic heterocycles. The summed E-state index contributed by atoms with van der Waals surface area (Å²) >= 11 is 0. The van der Waals surface area contributed by atoms with Crippen molar-refractivity contribution in [3.8, 4) is 22.6 Å². The zero-order valence-electron chi connectivity index (χ0n) is 21.2.